The molecule has 0 spiro atoms. The van der Waals surface area contributed by atoms with Crippen molar-refractivity contribution < 1.29 is 17.9 Å². The molecular weight excluding hydrogens is 306 g/mol. The van der Waals surface area contributed by atoms with E-state index in [1.807, 2.05) is 11.8 Å². The summed E-state index contributed by atoms with van der Waals surface area (Å²) in [7, 11) is -3.12. The molecule has 7 nitrogen and oxygen atoms in total. The highest BCUT2D eigenvalue weighted by Gasteiger charge is 2.27. The van der Waals surface area contributed by atoms with Crippen molar-refractivity contribution in [2.45, 2.75) is 32.2 Å². The van der Waals surface area contributed by atoms with Gasteiger partial charge in [-0.05, 0) is 26.2 Å². The summed E-state index contributed by atoms with van der Waals surface area (Å²) in [5.41, 5.74) is 0. The van der Waals surface area contributed by atoms with Gasteiger partial charge in [-0.15, -0.1) is 0 Å². The molecule has 2 aliphatic rings. The molecule has 2 amide bonds. The maximum absolute atomic E-state index is 12.4. The number of ether oxygens (including phenoxy) is 1. The Morgan fingerprint density at radius 3 is 2.50 bits per heavy atom. The number of carbonyl (C=O) groups excluding carboxylic acids is 1. The van der Waals surface area contributed by atoms with E-state index in [9.17, 15) is 13.2 Å². The van der Waals surface area contributed by atoms with E-state index in [-0.39, 0.29) is 12.1 Å². The first kappa shape index (κ1) is 17.5. The number of amides is 2. The minimum Gasteiger partial charge on any atom is -0.381 e. The highest BCUT2D eigenvalue weighted by atomic mass is 32.2. The lowest BCUT2D eigenvalue weighted by Crippen LogP contribution is -2.50. The van der Waals surface area contributed by atoms with Gasteiger partial charge in [-0.1, -0.05) is 0 Å². The monoisotopic (exact) mass is 333 g/mol. The Kier molecular flexibility index (Phi) is 6.05. The van der Waals surface area contributed by atoms with Crippen LogP contribution in [-0.2, 0) is 14.8 Å². The van der Waals surface area contributed by atoms with Crippen molar-refractivity contribution in [3.63, 3.8) is 0 Å². The van der Waals surface area contributed by atoms with Crippen LogP contribution in [0.3, 0.4) is 0 Å². The zero-order valence-electron chi connectivity index (χ0n) is 13.5. The van der Waals surface area contributed by atoms with Crippen LogP contribution in [0.2, 0.25) is 0 Å². The van der Waals surface area contributed by atoms with Crippen LogP contribution >= 0.6 is 0 Å². The summed E-state index contributed by atoms with van der Waals surface area (Å²) in [4.78, 5) is 14.2. The Morgan fingerprint density at radius 1 is 1.32 bits per heavy atom. The average Bonchev–Trinajstić information content (AvgIpc) is 2.97. The second-order valence-corrected chi connectivity index (χ2v) is 8.14. The number of rotatable bonds is 5. The van der Waals surface area contributed by atoms with Crippen LogP contribution in [0.1, 0.15) is 26.2 Å². The molecule has 1 atom stereocenters. The van der Waals surface area contributed by atoms with Gasteiger partial charge in [-0.3, -0.25) is 0 Å². The normalized spacial score (nSPS) is 24.4. The number of nitrogens with zero attached hydrogens (tertiary/aromatic N) is 2. The molecule has 8 heteroatoms. The summed E-state index contributed by atoms with van der Waals surface area (Å²) < 4.78 is 29.8. The molecule has 0 unspecified atom stereocenters. The number of urea groups is 1. The summed E-state index contributed by atoms with van der Waals surface area (Å²) >= 11 is 0. The third kappa shape index (κ3) is 4.82. The van der Waals surface area contributed by atoms with Crippen LogP contribution in [0.25, 0.3) is 0 Å². The fourth-order valence-electron chi connectivity index (χ4n) is 2.99. The maximum Gasteiger partial charge on any atom is 0.317 e. The van der Waals surface area contributed by atoms with Gasteiger partial charge in [0.25, 0.3) is 0 Å². The van der Waals surface area contributed by atoms with Crippen molar-refractivity contribution in [2.24, 2.45) is 5.92 Å². The molecule has 128 valence electrons. The second kappa shape index (κ2) is 7.61. The Morgan fingerprint density at radius 2 is 2.00 bits per heavy atom. The quantitative estimate of drug-likeness (QED) is 0.794. The van der Waals surface area contributed by atoms with E-state index in [1.54, 1.807) is 0 Å². The van der Waals surface area contributed by atoms with Gasteiger partial charge in [0.05, 0.1) is 12.9 Å². The highest BCUT2D eigenvalue weighted by Crippen LogP contribution is 2.16. The molecule has 0 radical (unpaired) electrons. The molecule has 2 saturated heterocycles. The van der Waals surface area contributed by atoms with Crippen LogP contribution < -0.4 is 5.32 Å². The zero-order chi connectivity index (χ0) is 16.2. The SMILES string of the molecule is CCN(C[C@H]1CCOC1)C(=O)NC1CCN(S(C)(=O)=O)CC1. The van der Waals surface area contributed by atoms with Gasteiger partial charge < -0.3 is 15.0 Å². The summed E-state index contributed by atoms with van der Waals surface area (Å²) in [6, 6.07) is 0.00610. The number of hydrogen-bond acceptors (Lipinski definition) is 4. The van der Waals surface area contributed by atoms with E-state index in [1.165, 1.54) is 10.6 Å². The predicted octanol–water partition coefficient (Wildman–Crippen LogP) is 0.478. The van der Waals surface area contributed by atoms with Gasteiger partial charge in [0, 0.05) is 44.7 Å². The van der Waals surface area contributed by atoms with Gasteiger partial charge >= 0.3 is 6.03 Å². The number of sulfonamides is 1. The molecular formula is C14H27N3O4S. The van der Waals surface area contributed by atoms with Gasteiger partial charge in [0.15, 0.2) is 0 Å². The van der Waals surface area contributed by atoms with Crippen molar-refractivity contribution >= 4 is 16.1 Å². The number of nitrogens with one attached hydrogen (secondary N) is 1. The van der Waals surface area contributed by atoms with Crippen molar-refractivity contribution in [3.8, 4) is 0 Å². The topological polar surface area (TPSA) is 79.0 Å². The van der Waals surface area contributed by atoms with Gasteiger partial charge in [0.1, 0.15) is 0 Å². The van der Waals surface area contributed by atoms with Gasteiger partial charge in [0.2, 0.25) is 10.0 Å². The zero-order valence-corrected chi connectivity index (χ0v) is 14.3. The lowest BCUT2D eigenvalue weighted by molar-refractivity contribution is 0.162. The van der Waals surface area contributed by atoms with Crippen LogP contribution in [0, 0.1) is 5.92 Å². The summed E-state index contributed by atoms with van der Waals surface area (Å²) in [6.07, 6.45) is 3.58. The first-order valence-electron chi connectivity index (χ1n) is 7.98. The third-order valence-corrected chi connectivity index (χ3v) is 5.73. The van der Waals surface area contributed by atoms with Crippen molar-refractivity contribution in [2.75, 3.05) is 45.6 Å². The van der Waals surface area contributed by atoms with Crippen LogP contribution in [0.4, 0.5) is 4.79 Å². The van der Waals surface area contributed by atoms with Gasteiger partial charge in [-0.2, -0.15) is 0 Å². The van der Waals surface area contributed by atoms with E-state index < -0.39 is 10.0 Å². The minimum atomic E-state index is -3.12. The Hall–Kier alpha value is -0.860. The minimum absolute atomic E-state index is 0.0489. The Balaban J connectivity index is 1.78. The molecule has 2 aliphatic heterocycles. The largest absolute Gasteiger partial charge is 0.381 e. The average molecular weight is 333 g/mol. The first-order chi connectivity index (χ1) is 10.4. The molecule has 22 heavy (non-hydrogen) atoms. The number of hydrogen-bond donors (Lipinski definition) is 1. The molecule has 0 bridgehead atoms. The molecule has 0 aliphatic carbocycles. The molecule has 0 aromatic rings. The van der Waals surface area contributed by atoms with E-state index in [4.69, 9.17) is 4.74 Å². The van der Waals surface area contributed by atoms with Gasteiger partial charge in [-0.25, -0.2) is 17.5 Å². The number of carbonyl (C=O) groups is 1. The predicted molar refractivity (Wildman–Crippen MR) is 84.1 cm³/mol. The smallest absolute Gasteiger partial charge is 0.317 e. The van der Waals surface area contributed by atoms with Crippen LogP contribution in [-0.4, -0.2) is 75.3 Å². The lowest BCUT2D eigenvalue weighted by atomic mass is 10.1. The number of piperidine rings is 1. The van der Waals surface area contributed by atoms with E-state index in [2.05, 4.69) is 5.32 Å². The van der Waals surface area contributed by atoms with Crippen molar-refractivity contribution in [1.29, 1.82) is 0 Å². The molecule has 2 rings (SSSR count). The molecule has 1 N–H and O–H groups in total. The van der Waals surface area contributed by atoms with Crippen LogP contribution in [0.15, 0.2) is 0 Å². The molecule has 2 heterocycles. The first-order valence-corrected chi connectivity index (χ1v) is 9.83. The fraction of sp³-hybridized carbons (Fsp3) is 0.929. The molecule has 0 aromatic carbocycles. The van der Waals surface area contributed by atoms with Crippen LogP contribution in [0.5, 0.6) is 0 Å². The van der Waals surface area contributed by atoms with Crippen molar-refractivity contribution in [3.05, 3.63) is 0 Å². The molecule has 2 fully saturated rings. The fourth-order valence-corrected chi connectivity index (χ4v) is 3.87. The standard InChI is InChI=1S/C14H27N3O4S/c1-3-16(10-12-6-9-21-11-12)14(18)15-13-4-7-17(8-5-13)22(2,19)20/h12-13H,3-11H2,1-2H3,(H,15,18)/t12-/m1/s1. The van der Waals surface area contributed by atoms with E-state index in [0.717, 1.165) is 26.2 Å². The van der Waals surface area contributed by atoms with Crippen molar-refractivity contribution in [1.82, 2.24) is 14.5 Å². The van der Waals surface area contributed by atoms with E-state index in [0.29, 0.717) is 38.4 Å². The maximum atomic E-state index is 12.4. The third-order valence-electron chi connectivity index (χ3n) is 4.42. The Bertz CT molecular complexity index is 468. The summed E-state index contributed by atoms with van der Waals surface area (Å²) in [5.74, 6) is 0.429. The lowest BCUT2D eigenvalue weighted by Gasteiger charge is -2.32. The Labute approximate surface area is 133 Å². The summed E-state index contributed by atoms with van der Waals surface area (Å²) in [5, 5.41) is 3.04. The summed E-state index contributed by atoms with van der Waals surface area (Å²) in [6.45, 7) is 5.85. The molecule has 0 aromatic heterocycles. The second-order valence-electron chi connectivity index (χ2n) is 6.15. The highest BCUT2D eigenvalue weighted by molar-refractivity contribution is 7.88. The van der Waals surface area contributed by atoms with E-state index >= 15 is 0 Å². The molecule has 0 saturated carbocycles.